The van der Waals surface area contributed by atoms with Gasteiger partial charge >= 0.3 is 6.03 Å². The normalized spacial score (nSPS) is 19.9. The smallest absolute Gasteiger partial charge is 0.314 e. The van der Waals surface area contributed by atoms with Crippen molar-refractivity contribution >= 4 is 17.6 Å². The zero-order valence-corrected chi connectivity index (χ0v) is 14.8. The Balaban J connectivity index is 1.92. The highest BCUT2D eigenvalue weighted by Gasteiger charge is 2.47. The molecule has 130 valence electrons. The third-order valence-electron chi connectivity index (χ3n) is 5.14. The molecule has 1 heterocycles. The Morgan fingerprint density at radius 1 is 1.00 bits per heavy atom. The Morgan fingerprint density at radius 3 is 2.00 bits per heavy atom. The van der Waals surface area contributed by atoms with Crippen LogP contribution in [0, 0.1) is 31.1 Å². The van der Waals surface area contributed by atoms with Crippen molar-refractivity contribution in [3.05, 3.63) is 34.4 Å². The largest absolute Gasteiger partial charge is 0.338 e. The van der Waals surface area contributed by atoms with Crippen LogP contribution in [0.5, 0.6) is 0 Å². The molecule has 5 heteroatoms. The summed E-state index contributed by atoms with van der Waals surface area (Å²) < 4.78 is 0. The molecule has 2 fully saturated rings. The van der Waals surface area contributed by atoms with Crippen molar-refractivity contribution in [1.29, 1.82) is 0 Å². The lowest BCUT2D eigenvalue weighted by Crippen LogP contribution is -2.58. The average Bonchev–Trinajstić information content (AvgIpc) is 2.53. The standard InChI is InChI=1S/C20H22N2O3/c1-4-5-14-6-12(2)17(13(3)7-14)18-15(23)8-20(9-16(18)24)10-21-19(25)22-11-20/h6-7,18H,8-11H2,1-3H3,(H2,21,22,25). The zero-order chi connectivity index (χ0) is 18.2. The predicted octanol–water partition coefficient (Wildman–Crippen LogP) is 1.99. The van der Waals surface area contributed by atoms with Crippen LogP contribution in [0.25, 0.3) is 0 Å². The van der Waals surface area contributed by atoms with Crippen LogP contribution in [0.2, 0.25) is 0 Å². The van der Waals surface area contributed by atoms with Crippen LogP contribution in [-0.4, -0.2) is 30.7 Å². The molecular weight excluding hydrogens is 316 g/mol. The molecule has 2 amide bonds. The summed E-state index contributed by atoms with van der Waals surface area (Å²) >= 11 is 0. The molecule has 1 aliphatic heterocycles. The quantitative estimate of drug-likeness (QED) is 0.607. The van der Waals surface area contributed by atoms with Crippen molar-refractivity contribution in [2.24, 2.45) is 5.41 Å². The molecule has 1 aromatic carbocycles. The molecule has 0 radical (unpaired) electrons. The molecule has 0 atom stereocenters. The number of benzene rings is 1. The molecule has 2 aliphatic rings. The maximum Gasteiger partial charge on any atom is 0.314 e. The fourth-order valence-corrected chi connectivity index (χ4v) is 4.06. The molecule has 3 rings (SSSR count). The number of amides is 2. The summed E-state index contributed by atoms with van der Waals surface area (Å²) in [6.07, 6.45) is 0.595. The summed E-state index contributed by atoms with van der Waals surface area (Å²) in [7, 11) is 0. The number of carbonyl (C=O) groups is 3. The molecule has 1 saturated carbocycles. The summed E-state index contributed by atoms with van der Waals surface area (Å²) in [6, 6.07) is 3.63. The van der Waals surface area contributed by atoms with E-state index in [1.165, 1.54) is 0 Å². The monoisotopic (exact) mass is 338 g/mol. The molecule has 0 unspecified atom stereocenters. The Bertz CT molecular complexity index is 776. The van der Waals surface area contributed by atoms with Gasteiger partial charge in [-0.2, -0.15) is 0 Å². The van der Waals surface area contributed by atoms with Crippen LogP contribution in [0.1, 0.15) is 47.9 Å². The van der Waals surface area contributed by atoms with Crippen molar-refractivity contribution in [1.82, 2.24) is 10.6 Å². The van der Waals surface area contributed by atoms with Crippen molar-refractivity contribution < 1.29 is 14.4 Å². The van der Waals surface area contributed by atoms with Gasteiger partial charge in [-0.15, -0.1) is 5.92 Å². The predicted molar refractivity (Wildman–Crippen MR) is 94.3 cm³/mol. The number of hydrogen-bond acceptors (Lipinski definition) is 3. The van der Waals surface area contributed by atoms with E-state index in [2.05, 4.69) is 22.5 Å². The highest BCUT2D eigenvalue weighted by atomic mass is 16.2. The summed E-state index contributed by atoms with van der Waals surface area (Å²) in [6.45, 7) is 6.37. The molecule has 1 aliphatic carbocycles. The van der Waals surface area contributed by atoms with Gasteiger partial charge in [-0.05, 0) is 49.6 Å². The topological polar surface area (TPSA) is 75.3 Å². The first-order chi connectivity index (χ1) is 11.8. The highest BCUT2D eigenvalue weighted by molar-refractivity contribution is 6.10. The van der Waals surface area contributed by atoms with Crippen LogP contribution in [0.15, 0.2) is 12.1 Å². The van der Waals surface area contributed by atoms with Crippen LogP contribution < -0.4 is 10.6 Å². The molecule has 1 spiro atoms. The minimum atomic E-state index is -0.702. The van der Waals surface area contributed by atoms with E-state index in [9.17, 15) is 14.4 Å². The second-order valence-electron chi connectivity index (χ2n) is 7.15. The lowest BCUT2D eigenvalue weighted by molar-refractivity contribution is -0.136. The summed E-state index contributed by atoms with van der Waals surface area (Å²) in [5.41, 5.74) is 3.08. The van der Waals surface area contributed by atoms with E-state index in [1.54, 1.807) is 6.92 Å². The van der Waals surface area contributed by atoms with Crippen LogP contribution in [0.3, 0.4) is 0 Å². The van der Waals surface area contributed by atoms with E-state index in [1.807, 2.05) is 26.0 Å². The molecule has 0 bridgehead atoms. The molecule has 1 saturated heterocycles. The van der Waals surface area contributed by atoms with E-state index in [-0.39, 0.29) is 17.6 Å². The van der Waals surface area contributed by atoms with Crippen LogP contribution in [-0.2, 0) is 9.59 Å². The second kappa shape index (κ2) is 6.36. The Kier molecular flexibility index (Phi) is 4.38. The van der Waals surface area contributed by atoms with Crippen molar-refractivity contribution in [3.8, 4) is 11.8 Å². The number of Topliss-reactive ketones (excluding diaryl/α,β-unsaturated/α-hetero) is 2. The lowest BCUT2D eigenvalue weighted by atomic mass is 9.66. The van der Waals surface area contributed by atoms with Gasteiger partial charge in [-0.3, -0.25) is 9.59 Å². The second-order valence-corrected chi connectivity index (χ2v) is 7.15. The van der Waals surface area contributed by atoms with Gasteiger partial charge in [-0.1, -0.05) is 5.92 Å². The van der Waals surface area contributed by atoms with Gasteiger partial charge in [0.05, 0.1) is 0 Å². The van der Waals surface area contributed by atoms with Gasteiger partial charge in [-0.25, -0.2) is 4.79 Å². The highest BCUT2D eigenvalue weighted by Crippen LogP contribution is 2.40. The van der Waals surface area contributed by atoms with Gasteiger partial charge < -0.3 is 10.6 Å². The zero-order valence-electron chi connectivity index (χ0n) is 14.8. The fraction of sp³-hybridized carbons (Fsp3) is 0.450. The Labute approximate surface area is 147 Å². The van der Waals surface area contributed by atoms with Crippen molar-refractivity contribution in [2.45, 2.75) is 39.5 Å². The molecule has 0 aromatic heterocycles. The van der Waals surface area contributed by atoms with Crippen molar-refractivity contribution in [2.75, 3.05) is 13.1 Å². The van der Waals surface area contributed by atoms with Gasteiger partial charge in [0.2, 0.25) is 0 Å². The molecular formula is C20H22N2O3. The third-order valence-corrected chi connectivity index (χ3v) is 5.14. The van der Waals surface area contributed by atoms with Crippen molar-refractivity contribution in [3.63, 3.8) is 0 Å². The number of rotatable bonds is 1. The number of carbonyl (C=O) groups excluding carboxylic acids is 3. The Hall–Kier alpha value is -2.61. The fourth-order valence-electron chi connectivity index (χ4n) is 4.06. The lowest BCUT2D eigenvalue weighted by Gasteiger charge is -2.41. The Morgan fingerprint density at radius 2 is 1.52 bits per heavy atom. The molecule has 2 N–H and O–H groups in total. The average molecular weight is 338 g/mol. The van der Waals surface area contributed by atoms with Crippen LogP contribution in [0.4, 0.5) is 4.79 Å². The first kappa shape index (κ1) is 17.2. The van der Waals surface area contributed by atoms with E-state index in [4.69, 9.17) is 0 Å². The summed E-state index contributed by atoms with van der Waals surface area (Å²) in [4.78, 5) is 37.1. The SMILES string of the molecule is CC#Cc1cc(C)c(C2C(=O)CC3(CNC(=O)NC3)CC2=O)c(C)c1. The third kappa shape index (κ3) is 3.17. The minimum absolute atomic E-state index is 0.0604. The number of hydrogen-bond donors (Lipinski definition) is 2. The van der Waals surface area contributed by atoms with Gasteiger partial charge in [0.1, 0.15) is 17.5 Å². The number of ketones is 2. The molecule has 25 heavy (non-hydrogen) atoms. The van der Waals surface area contributed by atoms with E-state index >= 15 is 0 Å². The van der Waals surface area contributed by atoms with Gasteiger partial charge in [0.25, 0.3) is 0 Å². The van der Waals surface area contributed by atoms with E-state index < -0.39 is 11.3 Å². The number of aryl methyl sites for hydroxylation is 2. The van der Waals surface area contributed by atoms with Gasteiger partial charge in [0.15, 0.2) is 0 Å². The molecule has 1 aromatic rings. The first-order valence-corrected chi connectivity index (χ1v) is 8.46. The number of urea groups is 1. The minimum Gasteiger partial charge on any atom is -0.338 e. The van der Waals surface area contributed by atoms with Crippen LogP contribution >= 0.6 is 0 Å². The molecule has 5 nitrogen and oxygen atoms in total. The summed E-state index contributed by atoms with van der Waals surface area (Å²) in [5, 5.41) is 5.43. The first-order valence-electron chi connectivity index (χ1n) is 8.46. The maximum absolute atomic E-state index is 12.9. The van der Waals surface area contributed by atoms with E-state index in [0.717, 1.165) is 22.3 Å². The van der Waals surface area contributed by atoms with E-state index in [0.29, 0.717) is 25.9 Å². The maximum atomic E-state index is 12.9. The summed E-state index contributed by atoms with van der Waals surface area (Å²) in [5.74, 6) is 5.07. The van der Waals surface area contributed by atoms with Gasteiger partial charge in [0, 0.05) is 36.9 Å². The number of nitrogens with one attached hydrogen (secondary N) is 2.